The first-order valence-electron chi connectivity index (χ1n) is 8.26. The lowest BCUT2D eigenvalue weighted by atomic mass is 10.1. The third-order valence-corrected chi connectivity index (χ3v) is 4.45. The Hall–Kier alpha value is -3.02. The van der Waals surface area contributed by atoms with Crippen molar-refractivity contribution in [1.29, 1.82) is 0 Å². The van der Waals surface area contributed by atoms with Crippen LogP contribution in [0, 0.1) is 0 Å². The summed E-state index contributed by atoms with van der Waals surface area (Å²) in [5.41, 5.74) is 2.82. The average molecular weight is 337 g/mol. The van der Waals surface area contributed by atoms with E-state index in [1.54, 1.807) is 31.4 Å². The number of aliphatic imine (C=N–C) groups is 1. The van der Waals surface area contributed by atoms with E-state index in [1.165, 1.54) is 5.56 Å². The Morgan fingerprint density at radius 1 is 1.20 bits per heavy atom. The monoisotopic (exact) mass is 337 g/mol. The van der Waals surface area contributed by atoms with Crippen molar-refractivity contribution in [3.05, 3.63) is 54.1 Å². The molecule has 0 bridgehead atoms. The predicted molar refractivity (Wildman–Crippen MR) is 95.4 cm³/mol. The molecule has 128 valence electrons. The SMILES string of the molecule is COc1ccc(NC(=O)O[C@@H]2CCN3Cc4ccccc4N=C23)cc1. The topological polar surface area (TPSA) is 63.2 Å². The van der Waals surface area contributed by atoms with E-state index in [4.69, 9.17) is 14.5 Å². The molecular weight excluding hydrogens is 318 g/mol. The van der Waals surface area contributed by atoms with E-state index in [-0.39, 0.29) is 6.10 Å². The molecule has 6 nitrogen and oxygen atoms in total. The second-order valence-corrected chi connectivity index (χ2v) is 6.06. The number of nitrogens with zero attached hydrogens (tertiary/aromatic N) is 2. The van der Waals surface area contributed by atoms with Crippen LogP contribution in [0.3, 0.4) is 0 Å². The first-order valence-corrected chi connectivity index (χ1v) is 8.26. The molecule has 0 aromatic heterocycles. The van der Waals surface area contributed by atoms with Crippen molar-refractivity contribution in [2.75, 3.05) is 19.0 Å². The summed E-state index contributed by atoms with van der Waals surface area (Å²) in [7, 11) is 1.60. The molecule has 1 atom stereocenters. The number of hydrogen-bond acceptors (Lipinski definition) is 5. The van der Waals surface area contributed by atoms with E-state index in [1.807, 2.05) is 18.2 Å². The van der Waals surface area contributed by atoms with Gasteiger partial charge in [-0.3, -0.25) is 5.32 Å². The number of hydrogen-bond donors (Lipinski definition) is 1. The Kier molecular flexibility index (Phi) is 4.01. The molecule has 0 saturated carbocycles. The van der Waals surface area contributed by atoms with E-state index >= 15 is 0 Å². The second kappa shape index (κ2) is 6.47. The standard InChI is InChI=1S/C19H19N3O3/c1-24-15-8-6-14(7-9-15)20-19(23)25-17-10-11-22-12-13-4-2-3-5-16(13)21-18(17)22/h2-9,17H,10-12H2,1H3,(H,20,23)/t17-/m1/s1. The number of rotatable bonds is 3. The van der Waals surface area contributed by atoms with Crippen LogP contribution in [-0.4, -0.2) is 36.6 Å². The van der Waals surface area contributed by atoms with Crippen LogP contribution in [0.2, 0.25) is 0 Å². The number of amides is 1. The van der Waals surface area contributed by atoms with Gasteiger partial charge in [-0.05, 0) is 35.9 Å². The molecule has 0 radical (unpaired) electrons. The summed E-state index contributed by atoms with van der Waals surface area (Å²) in [5.74, 6) is 1.57. The predicted octanol–water partition coefficient (Wildman–Crippen LogP) is 3.56. The maximum absolute atomic E-state index is 12.2. The zero-order valence-electron chi connectivity index (χ0n) is 13.9. The third-order valence-electron chi connectivity index (χ3n) is 4.45. The van der Waals surface area contributed by atoms with Crippen LogP contribution in [0.1, 0.15) is 12.0 Å². The van der Waals surface area contributed by atoms with E-state index in [9.17, 15) is 4.79 Å². The summed E-state index contributed by atoms with van der Waals surface area (Å²) >= 11 is 0. The van der Waals surface area contributed by atoms with Crippen LogP contribution in [0.4, 0.5) is 16.2 Å². The molecule has 1 amide bonds. The highest BCUT2D eigenvalue weighted by atomic mass is 16.6. The van der Waals surface area contributed by atoms with Crippen molar-refractivity contribution in [2.24, 2.45) is 4.99 Å². The van der Waals surface area contributed by atoms with Gasteiger partial charge in [0.25, 0.3) is 0 Å². The zero-order chi connectivity index (χ0) is 17.2. The van der Waals surface area contributed by atoms with Gasteiger partial charge in [-0.25, -0.2) is 9.79 Å². The Morgan fingerprint density at radius 2 is 2.00 bits per heavy atom. The lowest BCUT2D eigenvalue weighted by molar-refractivity contribution is 0.143. The highest BCUT2D eigenvalue weighted by Crippen LogP contribution is 2.31. The molecule has 2 aliphatic rings. The van der Waals surface area contributed by atoms with Crippen molar-refractivity contribution in [3.8, 4) is 5.75 Å². The van der Waals surface area contributed by atoms with E-state index in [2.05, 4.69) is 16.3 Å². The average Bonchev–Trinajstić information content (AvgIpc) is 3.02. The number of fused-ring (bicyclic) bond motifs is 2. The lowest BCUT2D eigenvalue weighted by Gasteiger charge is -2.26. The molecule has 0 spiro atoms. The first kappa shape index (κ1) is 15.5. The second-order valence-electron chi connectivity index (χ2n) is 6.06. The lowest BCUT2D eigenvalue weighted by Crippen LogP contribution is -2.34. The van der Waals surface area contributed by atoms with Gasteiger partial charge >= 0.3 is 6.09 Å². The van der Waals surface area contributed by atoms with Crippen LogP contribution in [-0.2, 0) is 11.3 Å². The number of benzene rings is 2. The fourth-order valence-corrected chi connectivity index (χ4v) is 3.17. The van der Waals surface area contributed by atoms with Crippen molar-refractivity contribution in [1.82, 2.24) is 4.90 Å². The molecule has 1 N–H and O–H groups in total. The first-order chi connectivity index (χ1) is 12.2. The van der Waals surface area contributed by atoms with Crippen LogP contribution in [0.25, 0.3) is 0 Å². The number of amidine groups is 1. The molecule has 4 rings (SSSR count). The van der Waals surface area contributed by atoms with Crippen molar-refractivity contribution < 1.29 is 14.3 Å². The number of nitrogens with one attached hydrogen (secondary N) is 1. The Labute approximate surface area is 146 Å². The highest BCUT2D eigenvalue weighted by molar-refractivity contribution is 5.95. The molecule has 2 aromatic carbocycles. The number of carbonyl (C=O) groups excluding carboxylic acids is 1. The summed E-state index contributed by atoms with van der Waals surface area (Å²) in [5, 5.41) is 2.74. The molecule has 2 aromatic rings. The molecule has 1 saturated heterocycles. The van der Waals surface area contributed by atoms with Crippen LogP contribution < -0.4 is 10.1 Å². The summed E-state index contributed by atoms with van der Waals surface area (Å²) in [4.78, 5) is 19.1. The minimum atomic E-state index is -0.474. The van der Waals surface area contributed by atoms with Gasteiger partial charge in [-0.1, -0.05) is 18.2 Å². The Morgan fingerprint density at radius 3 is 2.80 bits per heavy atom. The molecule has 1 fully saturated rings. The normalized spacial score (nSPS) is 18.0. The van der Waals surface area contributed by atoms with Crippen molar-refractivity contribution >= 4 is 23.3 Å². The molecule has 2 aliphatic heterocycles. The van der Waals surface area contributed by atoms with E-state index < -0.39 is 6.09 Å². The highest BCUT2D eigenvalue weighted by Gasteiger charge is 2.35. The largest absolute Gasteiger partial charge is 0.497 e. The summed E-state index contributed by atoms with van der Waals surface area (Å²) in [6.45, 7) is 1.66. The van der Waals surface area contributed by atoms with Gasteiger partial charge in [-0.15, -0.1) is 0 Å². The van der Waals surface area contributed by atoms with Gasteiger partial charge in [-0.2, -0.15) is 0 Å². The van der Waals surface area contributed by atoms with Gasteiger partial charge in [0, 0.05) is 25.2 Å². The number of ether oxygens (including phenoxy) is 2. The fourth-order valence-electron chi connectivity index (χ4n) is 3.17. The molecule has 6 heteroatoms. The van der Waals surface area contributed by atoms with Gasteiger partial charge < -0.3 is 14.4 Å². The zero-order valence-corrected chi connectivity index (χ0v) is 13.9. The Balaban J connectivity index is 1.44. The fraction of sp³-hybridized carbons (Fsp3) is 0.263. The van der Waals surface area contributed by atoms with E-state index in [0.29, 0.717) is 5.69 Å². The van der Waals surface area contributed by atoms with Crippen molar-refractivity contribution in [2.45, 2.75) is 19.1 Å². The van der Waals surface area contributed by atoms with Gasteiger partial charge in [0.05, 0.1) is 12.8 Å². The number of methoxy groups -OCH3 is 1. The van der Waals surface area contributed by atoms with Gasteiger partial charge in [0.2, 0.25) is 0 Å². The maximum atomic E-state index is 12.2. The molecule has 0 unspecified atom stereocenters. The number of anilines is 1. The number of carbonyl (C=O) groups is 1. The maximum Gasteiger partial charge on any atom is 0.412 e. The quantitative estimate of drug-likeness (QED) is 0.930. The minimum Gasteiger partial charge on any atom is -0.497 e. The Bertz CT molecular complexity index is 817. The van der Waals surface area contributed by atoms with E-state index in [0.717, 1.165) is 36.8 Å². The molecule has 0 aliphatic carbocycles. The molecule has 2 heterocycles. The molecule has 25 heavy (non-hydrogen) atoms. The van der Waals surface area contributed by atoms with Crippen LogP contribution >= 0.6 is 0 Å². The smallest absolute Gasteiger partial charge is 0.412 e. The molecular formula is C19H19N3O3. The van der Waals surface area contributed by atoms with Crippen LogP contribution in [0.15, 0.2) is 53.5 Å². The number of para-hydroxylation sites is 1. The van der Waals surface area contributed by atoms with Gasteiger partial charge in [0.1, 0.15) is 11.6 Å². The van der Waals surface area contributed by atoms with Crippen LogP contribution in [0.5, 0.6) is 5.75 Å². The summed E-state index contributed by atoms with van der Waals surface area (Å²) < 4.78 is 10.7. The van der Waals surface area contributed by atoms with Gasteiger partial charge in [0.15, 0.2) is 6.10 Å². The summed E-state index contributed by atoms with van der Waals surface area (Å²) in [6.07, 6.45) is -0.0340. The summed E-state index contributed by atoms with van der Waals surface area (Å²) in [6, 6.07) is 15.2. The minimum absolute atomic E-state index is 0.313. The van der Waals surface area contributed by atoms with Crippen molar-refractivity contribution in [3.63, 3.8) is 0 Å². The third kappa shape index (κ3) is 3.15.